The number of rotatable bonds is 3. The van der Waals surface area contributed by atoms with Crippen molar-refractivity contribution in [3.8, 4) is 0 Å². The molecule has 2 heterocycles. The lowest BCUT2D eigenvalue weighted by atomic mass is 10.1. The Bertz CT molecular complexity index is 838. The van der Waals surface area contributed by atoms with E-state index in [-0.39, 0.29) is 17.5 Å². The fourth-order valence-electron chi connectivity index (χ4n) is 2.34. The molecule has 3 aromatic rings. The molecule has 0 bridgehead atoms. The van der Waals surface area contributed by atoms with E-state index in [0.29, 0.717) is 11.3 Å². The number of carbonyl (C=O) groups excluding carboxylic acids is 1. The zero-order valence-corrected chi connectivity index (χ0v) is 12.9. The summed E-state index contributed by atoms with van der Waals surface area (Å²) >= 11 is 5.89. The van der Waals surface area contributed by atoms with Gasteiger partial charge >= 0.3 is 0 Å². The molecule has 3 rings (SSSR count). The highest BCUT2D eigenvalue weighted by atomic mass is 35.5. The van der Waals surface area contributed by atoms with Crippen LogP contribution in [0.4, 0.5) is 5.69 Å². The van der Waals surface area contributed by atoms with Crippen molar-refractivity contribution in [1.82, 2.24) is 10.1 Å². The summed E-state index contributed by atoms with van der Waals surface area (Å²) in [5.41, 5.74) is 3.89. The van der Waals surface area contributed by atoms with Crippen LogP contribution in [0.25, 0.3) is 10.9 Å². The van der Waals surface area contributed by atoms with Gasteiger partial charge in [0.15, 0.2) is 0 Å². The fourth-order valence-corrected chi connectivity index (χ4v) is 2.57. The maximum absolute atomic E-state index is 12.3. The van der Waals surface area contributed by atoms with E-state index in [9.17, 15) is 4.79 Å². The third-order valence-electron chi connectivity index (χ3n) is 3.52. The predicted octanol–water partition coefficient (Wildman–Crippen LogP) is 3.67. The summed E-state index contributed by atoms with van der Waals surface area (Å²) in [5.74, 6) is -0.179. The zero-order chi connectivity index (χ0) is 15.7. The lowest BCUT2D eigenvalue weighted by Crippen LogP contribution is -2.15. The molecule has 0 fully saturated rings. The predicted molar refractivity (Wildman–Crippen MR) is 85.1 cm³/mol. The Hall–Kier alpha value is -2.40. The quantitative estimate of drug-likeness (QED) is 0.800. The lowest BCUT2D eigenvalue weighted by Gasteiger charge is -2.09. The topological polar surface area (TPSA) is 68.0 Å². The standard InChI is InChI=1S/C16H14ClN3O2/c1-9-5-6-13(11-4-3-7-18-15(9)11)19-14(21)8-12-10(2)20-22-16(12)17/h3-7H,8H2,1-2H3,(H,19,21). The molecule has 1 N–H and O–H groups in total. The van der Waals surface area contributed by atoms with Gasteiger partial charge in [-0.15, -0.1) is 0 Å². The molecule has 0 saturated heterocycles. The minimum atomic E-state index is -0.179. The normalized spacial score (nSPS) is 10.9. The monoisotopic (exact) mass is 315 g/mol. The summed E-state index contributed by atoms with van der Waals surface area (Å²) in [6.45, 7) is 3.74. The summed E-state index contributed by atoms with van der Waals surface area (Å²) in [6, 6.07) is 7.59. The number of aryl methyl sites for hydroxylation is 2. The lowest BCUT2D eigenvalue weighted by molar-refractivity contribution is -0.115. The maximum Gasteiger partial charge on any atom is 0.229 e. The van der Waals surface area contributed by atoms with Crippen LogP contribution in [0.1, 0.15) is 16.8 Å². The highest BCUT2D eigenvalue weighted by molar-refractivity contribution is 6.29. The highest BCUT2D eigenvalue weighted by Crippen LogP contribution is 2.25. The first kappa shape index (κ1) is 14.5. The highest BCUT2D eigenvalue weighted by Gasteiger charge is 2.16. The molecule has 0 spiro atoms. The number of benzene rings is 1. The Kier molecular flexibility index (Phi) is 3.81. The molecule has 0 aliphatic carbocycles. The summed E-state index contributed by atoms with van der Waals surface area (Å²) < 4.78 is 4.86. The summed E-state index contributed by atoms with van der Waals surface area (Å²) in [5, 5.41) is 7.70. The minimum Gasteiger partial charge on any atom is -0.344 e. The third-order valence-corrected chi connectivity index (χ3v) is 3.82. The number of hydrogen-bond acceptors (Lipinski definition) is 4. The van der Waals surface area contributed by atoms with Crippen molar-refractivity contribution in [1.29, 1.82) is 0 Å². The zero-order valence-electron chi connectivity index (χ0n) is 12.2. The van der Waals surface area contributed by atoms with Crippen molar-refractivity contribution in [3.05, 3.63) is 52.5 Å². The smallest absolute Gasteiger partial charge is 0.229 e. The Morgan fingerprint density at radius 2 is 2.14 bits per heavy atom. The number of anilines is 1. The third kappa shape index (κ3) is 2.67. The first-order valence-corrected chi connectivity index (χ1v) is 7.19. The molecular formula is C16H14ClN3O2. The van der Waals surface area contributed by atoms with Crippen LogP contribution in [0.5, 0.6) is 0 Å². The van der Waals surface area contributed by atoms with Gasteiger partial charge in [-0.05, 0) is 49.2 Å². The number of halogens is 1. The van der Waals surface area contributed by atoms with Crippen LogP contribution < -0.4 is 5.32 Å². The van der Waals surface area contributed by atoms with Crippen molar-refractivity contribution in [2.45, 2.75) is 20.3 Å². The van der Waals surface area contributed by atoms with Crippen LogP contribution in [-0.2, 0) is 11.2 Å². The number of pyridine rings is 1. The van der Waals surface area contributed by atoms with Crippen LogP contribution in [0.2, 0.25) is 5.22 Å². The van der Waals surface area contributed by atoms with Crippen LogP contribution in [0.3, 0.4) is 0 Å². The molecule has 2 aromatic heterocycles. The second-order valence-corrected chi connectivity index (χ2v) is 5.42. The Morgan fingerprint density at radius 3 is 2.86 bits per heavy atom. The van der Waals surface area contributed by atoms with Gasteiger partial charge in [0, 0.05) is 17.1 Å². The average molecular weight is 316 g/mol. The summed E-state index contributed by atoms with van der Waals surface area (Å²) in [6.07, 6.45) is 1.85. The van der Waals surface area contributed by atoms with Gasteiger partial charge < -0.3 is 9.84 Å². The molecule has 1 aromatic carbocycles. The molecule has 5 nitrogen and oxygen atoms in total. The van der Waals surface area contributed by atoms with Gasteiger partial charge in [-0.25, -0.2) is 0 Å². The largest absolute Gasteiger partial charge is 0.344 e. The van der Waals surface area contributed by atoms with E-state index in [4.69, 9.17) is 16.1 Å². The number of nitrogens with zero attached hydrogens (tertiary/aromatic N) is 2. The van der Waals surface area contributed by atoms with Gasteiger partial charge in [-0.3, -0.25) is 9.78 Å². The van der Waals surface area contributed by atoms with Crippen LogP contribution in [0, 0.1) is 13.8 Å². The van der Waals surface area contributed by atoms with E-state index in [1.54, 1.807) is 13.1 Å². The van der Waals surface area contributed by atoms with Gasteiger partial charge in [0.05, 0.1) is 23.3 Å². The van der Waals surface area contributed by atoms with E-state index < -0.39 is 0 Å². The van der Waals surface area contributed by atoms with E-state index in [1.807, 2.05) is 31.2 Å². The van der Waals surface area contributed by atoms with Crippen LogP contribution in [-0.4, -0.2) is 16.0 Å². The molecule has 0 unspecified atom stereocenters. The Morgan fingerprint density at radius 1 is 1.32 bits per heavy atom. The Balaban J connectivity index is 1.87. The molecule has 0 radical (unpaired) electrons. The fraction of sp³-hybridized carbons (Fsp3) is 0.188. The van der Waals surface area contributed by atoms with Crippen LogP contribution >= 0.6 is 11.6 Å². The molecule has 0 atom stereocenters. The number of aromatic nitrogens is 2. The van der Waals surface area contributed by atoms with Crippen molar-refractivity contribution in [3.63, 3.8) is 0 Å². The molecule has 0 aliphatic rings. The molecule has 0 aliphatic heterocycles. The van der Waals surface area contributed by atoms with Crippen LogP contribution in [0.15, 0.2) is 35.0 Å². The van der Waals surface area contributed by atoms with Crippen molar-refractivity contribution in [2.75, 3.05) is 5.32 Å². The van der Waals surface area contributed by atoms with E-state index >= 15 is 0 Å². The van der Waals surface area contributed by atoms with Gasteiger partial charge in [0.1, 0.15) is 0 Å². The molecule has 6 heteroatoms. The van der Waals surface area contributed by atoms with Gasteiger partial charge in [0.25, 0.3) is 0 Å². The Labute approximate surface area is 132 Å². The van der Waals surface area contributed by atoms with E-state index in [1.165, 1.54) is 0 Å². The molecule has 112 valence electrons. The molecule has 0 saturated carbocycles. The first-order chi connectivity index (χ1) is 10.6. The molecule has 1 amide bonds. The van der Waals surface area contributed by atoms with Gasteiger partial charge in [-0.1, -0.05) is 11.2 Å². The number of nitrogens with one attached hydrogen (secondary N) is 1. The number of fused-ring (bicyclic) bond motifs is 1. The number of carbonyl (C=O) groups is 1. The van der Waals surface area contributed by atoms with Crippen molar-refractivity contribution >= 4 is 34.1 Å². The van der Waals surface area contributed by atoms with E-state index in [2.05, 4.69) is 15.5 Å². The maximum atomic E-state index is 12.3. The minimum absolute atomic E-state index is 0.115. The molecular weight excluding hydrogens is 302 g/mol. The number of hydrogen-bond donors (Lipinski definition) is 1. The summed E-state index contributed by atoms with van der Waals surface area (Å²) in [4.78, 5) is 16.6. The van der Waals surface area contributed by atoms with Crippen molar-refractivity contribution < 1.29 is 9.32 Å². The van der Waals surface area contributed by atoms with E-state index in [0.717, 1.165) is 22.2 Å². The SMILES string of the molecule is Cc1noc(Cl)c1CC(=O)Nc1ccc(C)c2ncccc12. The number of amides is 1. The second-order valence-electron chi connectivity index (χ2n) is 5.07. The first-order valence-electron chi connectivity index (χ1n) is 6.81. The summed E-state index contributed by atoms with van der Waals surface area (Å²) in [7, 11) is 0. The van der Waals surface area contributed by atoms with Gasteiger partial charge in [-0.2, -0.15) is 0 Å². The van der Waals surface area contributed by atoms with Gasteiger partial charge in [0.2, 0.25) is 11.1 Å². The van der Waals surface area contributed by atoms with Crippen molar-refractivity contribution in [2.24, 2.45) is 0 Å². The molecule has 22 heavy (non-hydrogen) atoms. The average Bonchev–Trinajstić information content (AvgIpc) is 2.82. The second kappa shape index (κ2) is 5.77.